The van der Waals surface area contributed by atoms with E-state index >= 15 is 0 Å². The van der Waals surface area contributed by atoms with Gasteiger partial charge in [0, 0.05) is 43.9 Å². The minimum atomic E-state index is -0.961. The smallest absolute Gasteiger partial charge is 0.236 e. The fraction of sp³-hybridized carbons (Fsp3) is 0.458. The molecule has 4 aromatic carbocycles. The molecule has 0 aliphatic carbocycles. The van der Waals surface area contributed by atoms with Gasteiger partial charge in [-0.05, 0) is 118 Å². The molecule has 4 saturated heterocycles. The van der Waals surface area contributed by atoms with Gasteiger partial charge in [-0.2, -0.15) is 0 Å². The summed E-state index contributed by atoms with van der Waals surface area (Å²) in [6.45, 7) is 7.93. The van der Waals surface area contributed by atoms with Crippen molar-refractivity contribution < 1.29 is 42.4 Å². The van der Waals surface area contributed by atoms with Crippen molar-refractivity contribution in [3.05, 3.63) is 108 Å². The van der Waals surface area contributed by atoms with E-state index in [2.05, 4.69) is 9.80 Å². The van der Waals surface area contributed by atoms with Gasteiger partial charge in [0.25, 0.3) is 0 Å². The minimum absolute atomic E-state index is 0.0334. The van der Waals surface area contributed by atoms with E-state index in [0.29, 0.717) is 60.4 Å². The van der Waals surface area contributed by atoms with Crippen molar-refractivity contribution in [3.63, 3.8) is 0 Å². The van der Waals surface area contributed by atoms with Gasteiger partial charge in [-0.3, -0.25) is 24.3 Å². The average Bonchev–Trinajstić information content (AvgIpc) is 3.82. The number of likely N-dealkylation sites (tertiary alicyclic amines) is 2. The largest absolute Gasteiger partial charge is 0.493 e. The van der Waals surface area contributed by atoms with Gasteiger partial charge in [-0.1, -0.05) is 37.1 Å². The topological polar surface area (TPSA) is 104 Å². The van der Waals surface area contributed by atoms with Crippen molar-refractivity contribution in [1.29, 1.82) is 0 Å². The summed E-state index contributed by atoms with van der Waals surface area (Å²) in [5, 5.41) is 10.6. The Morgan fingerprint density at radius 3 is 1.56 bits per heavy atom. The predicted octanol–water partition coefficient (Wildman–Crippen LogP) is 7.76. The number of ether oxygens (including phenoxy) is 4. The quantitative estimate of drug-likeness (QED) is 0.137. The molecule has 8 rings (SSSR count). The summed E-state index contributed by atoms with van der Waals surface area (Å²) in [4.78, 5) is 34.1. The summed E-state index contributed by atoms with van der Waals surface area (Å²) >= 11 is 0. The molecule has 2 amide bonds. The van der Waals surface area contributed by atoms with Crippen molar-refractivity contribution in [1.82, 2.24) is 9.80 Å². The Labute approximate surface area is 357 Å². The summed E-state index contributed by atoms with van der Waals surface area (Å²) in [6.07, 6.45) is 7.57. The van der Waals surface area contributed by atoms with Crippen LogP contribution in [0.3, 0.4) is 0 Å². The van der Waals surface area contributed by atoms with Crippen LogP contribution in [0.1, 0.15) is 74.3 Å². The molecule has 0 spiro atoms. The first-order valence-electron chi connectivity index (χ1n) is 21.6. The Morgan fingerprint density at radius 2 is 1.05 bits per heavy atom. The molecule has 326 valence electrons. The number of piperidine rings is 2. The van der Waals surface area contributed by atoms with E-state index in [1.807, 2.05) is 18.2 Å². The number of nitrogens with zero attached hydrogens (tertiary/aromatic N) is 4. The lowest BCUT2D eigenvalue weighted by atomic mass is 9.97. The molecule has 3 atom stereocenters. The molecule has 4 heterocycles. The number of anilines is 2. The summed E-state index contributed by atoms with van der Waals surface area (Å²) in [7, 11) is 3.20. The maximum Gasteiger partial charge on any atom is 0.236 e. The highest BCUT2D eigenvalue weighted by atomic mass is 19.1. The molecule has 4 aliphatic rings. The molecule has 0 radical (unpaired) electrons. The third-order valence-corrected chi connectivity index (χ3v) is 12.1. The maximum absolute atomic E-state index is 13.3. The van der Waals surface area contributed by atoms with Crippen LogP contribution in [-0.2, 0) is 9.59 Å². The van der Waals surface area contributed by atoms with Crippen LogP contribution in [0.4, 0.5) is 20.2 Å². The van der Waals surface area contributed by atoms with Crippen molar-refractivity contribution in [2.24, 2.45) is 0 Å². The van der Waals surface area contributed by atoms with Crippen LogP contribution in [0.15, 0.2) is 84.9 Å². The first kappa shape index (κ1) is 43.8. The zero-order valence-electron chi connectivity index (χ0n) is 35.3. The molecule has 13 heteroatoms. The van der Waals surface area contributed by atoms with Gasteiger partial charge in [0.15, 0.2) is 23.0 Å². The van der Waals surface area contributed by atoms with E-state index < -0.39 is 12.1 Å². The third-order valence-electron chi connectivity index (χ3n) is 12.1. The number of methoxy groups -OCH3 is 2. The Morgan fingerprint density at radius 1 is 0.574 bits per heavy atom. The van der Waals surface area contributed by atoms with Crippen molar-refractivity contribution in [2.75, 3.05) is 83.0 Å². The monoisotopic (exact) mass is 840 g/mol. The molecular weight excluding hydrogens is 783 g/mol. The highest BCUT2D eigenvalue weighted by Crippen LogP contribution is 2.40. The molecule has 61 heavy (non-hydrogen) atoms. The first-order chi connectivity index (χ1) is 29.7. The van der Waals surface area contributed by atoms with Crippen molar-refractivity contribution in [3.8, 4) is 23.0 Å². The van der Waals surface area contributed by atoms with E-state index in [1.165, 1.54) is 67.7 Å². The van der Waals surface area contributed by atoms with Gasteiger partial charge >= 0.3 is 0 Å². The normalized spacial score (nSPS) is 21.0. The van der Waals surface area contributed by atoms with Gasteiger partial charge in [0.2, 0.25) is 11.8 Å². The van der Waals surface area contributed by atoms with E-state index in [9.17, 15) is 23.5 Å². The summed E-state index contributed by atoms with van der Waals surface area (Å²) in [5.41, 5.74) is 2.91. The second-order valence-corrected chi connectivity index (χ2v) is 16.1. The Bertz CT molecular complexity index is 2060. The number of aliphatic hydroxyl groups is 1. The lowest BCUT2D eigenvalue weighted by molar-refractivity contribution is -0.119. The molecule has 1 N–H and O–H groups in total. The van der Waals surface area contributed by atoms with E-state index in [0.717, 1.165) is 50.5 Å². The predicted molar refractivity (Wildman–Crippen MR) is 231 cm³/mol. The zero-order valence-corrected chi connectivity index (χ0v) is 35.3. The number of carbonyl (C=O) groups is 2. The third kappa shape index (κ3) is 11.0. The molecule has 0 saturated carbocycles. The van der Waals surface area contributed by atoms with Gasteiger partial charge in [0.05, 0.1) is 31.7 Å². The van der Waals surface area contributed by atoms with Crippen LogP contribution >= 0.6 is 0 Å². The van der Waals surface area contributed by atoms with Gasteiger partial charge in [0.1, 0.15) is 31.1 Å². The second kappa shape index (κ2) is 21.0. The lowest BCUT2D eigenvalue weighted by Crippen LogP contribution is -2.34. The molecule has 0 aromatic heterocycles. The molecule has 4 aromatic rings. The minimum Gasteiger partial charge on any atom is -0.493 e. The van der Waals surface area contributed by atoms with E-state index in [4.69, 9.17) is 18.9 Å². The highest BCUT2D eigenvalue weighted by molar-refractivity contribution is 6.01. The fourth-order valence-electron chi connectivity index (χ4n) is 8.76. The summed E-state index contributed by atoms with van der Waals surface area (Å²) in [5.74, 6) is 0.868. The standard InChI is InChI=1S/C24H29FN2O4.C24H29FN2O3/c1-30-21-10-9-19(15-22(21)31-14-13-26-11-3-2-4-12-26)27-23(28)16-20(24(27)29)17-5-7-18(25)8-6-17;1-29-22-10-9-20(17-23(22)30-16-15-26-12-3-2-4-13-26)27-14-11-21(24(27)28)18-5-7-19(25)8-6-18/h5-10,15,20,23,28H,2-4,11-14,16H2,1H3;5-10,17,21H,2-4,11-16H2,1H3. The number of halogens is 2. The number of amides is 2. The number of rotatable bonds is 14. The van der Waals surface area contributed by atoms with Crippen molar-refractivity contribution >= 4 is 23.2 Å². The maximum atomic E-state index is 13.3. The van der Waals surface area contributed by atoms with Gasteiger partial charge < -0.3 is 29.0 Å². The fourth-order valence-corrected chi connectivity index (χ4v) is 8.76. The first-order valence-corrected chi connectivity index (χ1v) is 21.6. The molecular formula is C48H58F2N4O7. The molecule has 4 aliphatic heterocycles. The number of hydrogen-bond donors (Lipinski definition) is 1. The van der Waals surface area contributed by atoms with Crippen LogP contribution in [0.2, 0.25) is 0 Å². The molecule has 4 fully saturated rings. The van der Waals surface area contributed by atoms with Crippen LogP contribution in [-0.4, -0.2) is 106 Å². The summed E-state index contributed by atoms with van der Waals surface area (Å²) in [6, 6.07) is 22.9. The Hall–Kier alpha value is -5.24. The number of hydrogen-bond acceptors (Lipinski definition) is 9. The lowest BCUT2D eigenvalue weighted by Gasteiger charge is -2.26. The van der Waals surface area contributed by atoms with Crippen LogP contribution < -0.4 is 28.7 Å². The molecule has 11 nitrogen and oxygen atoms in total. The Kier molecular flexibility index (Phi) is 15.1. The van der Waals surface area contributed by atoms with E-state index in [-0.39, 0.29) is 35.8 Å². The molecule has 0 bridgehead atoms. The number of carbonyl (C=O) groups excluding carboxylic acids is 2. The van der Waals surface area contributed by atoms with Crippen molar-refractivity contribution in [2.45, 2.75) is 69.4 Å². The molecule has 3 unspecified atom stereocenters. The average molecular weight is 841 g/mol. The Balaban J connectivity index is 0.000000184. The number of aliphatic hydroxyl groups excluding tert-OH is 1. The SMILES string of the molecule is COc1ccc(N2C(=O)C(c3ccc(F)cc3)CC2O)cc1OCCN1CCCCC1.COc1ccc(N2CCC(c3ccc(F)cc3)C2=O)cc1OCCN1CCCCC1. The number of benzene rings is 4. The highest BCUT2D eigenvalue weighted by Gasteiger charge is 2.40. The van der Waals surface area contributed by atoms with Crippen LogP contribution in [0.5, 0.6) is 23.0 Å². The second-order valence-electron chi connectivity index (χ2n) is 16.1. The van der Waals surface area contributed by atoms with Gasteiger partial charge in [-0.25, -0.2) is 8.78 Å². The van der Waals surface area contributed by atoms with E-state index in [1.54, 1.807) is 61.6 Å². The van der Waals surface area contributed by atoms with Gasteiger partial charge in [-0.15, -0.1) is 0 Å². The summed E-state index contributed by atoms with van der Waals surface area (Å²) < 4.78 is 49.4. The van der Waals surface area contributed by atoms with Crippen LogP contribution in [0, 0.1) is 11.6 Å². The zero-order chi connectivity index (χ0) is 42.7. The van der Waals surface area contributed by atoms with Crippen LogP contribution in [0.25, 0.3) is 0 Å².